The molecule has 0 saturated carbocycles. The first-order valence-electron chi connectivity index (χ1n) is 6.60. The minimum Gasteiger partial charge on any atom is -0.399 e. The lowest BCUT2D eigenvalue weighted by Gasteiger charge is -2.32. The number of carbonyl (C=O) groups excluding carboxylic acids is 1. The standard InChI is InChI=1S/C14H20BNO4/c1-13(2)14(3,4)20-15(19-13)11-5-6-12(16-9-18)10(7-11)8-17/h5-7,9,17H,8H2,1-4H3,(H,16,18). The third-order valence-corrected chi connectivity index (χ3v) is 4.04. The fourth-order valence-electron chi connectivity index (χ4n) is 2.07. The van der Waals surface area contributed by atoms with Gasteiger partial charge in [0.25, 0.3) is 0 Å². The summed E-state index contributed by atoms with van der Waals surface area (Å²) in [6.45, 7) is 7.79. The summed E-state index contributed by atoms with van der Waals surface area (Å²) >= 11 is 0. The topological polar surface area (TPSA) is 67.8 Å². The summed E-state index contributed by atoms with van der Waals surface area (Å²) in [5.41, 5.74) is 1.23. The molecule has 108 valence electrons. The minimum absolute atomic E-state index is 0.163. The maximum Gasteiger partial charge on any atom is 0.494 e. The highest BCUT2D eigenvalue weighted by atomic mass is 16.7. The summed E-state index contributed by atoms with van der Waals surface area (Å²) in [7, 11) is -0.476. The second-order valence-electron chi connectivity index (χ2n) is 5.93. The van der Waals surface area contributed by atoms with Crippen LogP contribution in [0.25, 0.3) is 0 Å². The monoisotopic (exact) mass is 277 g/mol. The van der Waals surface area contributed by atoms with Gasteiger partial charge in [0.05, 0.1) is 17.8 Å². The van der Waals surface area contributed by atoms with Gasteiger partial charge in [-0.1, -0.05) is 12.1 Å². The van der Waals surface area contributed by atoms with Crippen molar-refractivity contribution in [2.45, 2.75) is 45.5 Å². The maximum atomic E-state index is 10.5. The molecule has 0 aromatic heterocycles. The van der Waals surface area contributed by atoms with Crippen molar-refractivity contribution in [2.24, 2.45) is 0 Å². The molecule has 5 nitrogen and oxygen atoms in total. The molecular weight excluding hydrogens is 257 g/mol. The molecule has 1 heterocycles. The van der Waals surface area contributed by atoms with Crippen LogP contribution in [0.15, 0.2) is 18.2 Å². The van der Waals surface area contributed by atoms with E-state index in [0.717, 1.165) is 5.46 Å². The van der Waals surface area contributed by atoms with Crippen molar-refractivity contribution >= 4 is 24.7 Å². The van der Waals surface area contributed by atoms with E-state index in [-0.39, 0.29) is 6.61 Å². The van der Waals surface area contributed by atoms with Crippen LogP contribution in [0.4, 0.5) is 5.69 Å². The predicted octanol–water partition coefficient (Wildman–Crippen LogP) is 1.05. The number of hydrogen-bond donors (Lipinski definition) is 2. The van der Waals surface area contributed by atoms with Crippen LogP contribution < -0.4 is 10.8 Å². The van der Waals surface area contributed by atoms with Gasteiger partial charge in [0, 0.05) is 11.3 Å². The molecule has 1 saturated heterocycles. The van der Waals surface area contributed by atoms with Crippen LogP contribution in [0, 0.1) is 0 Å². The van der Waals surface area contributed by atoms with Crippen LogP contribution in [0.2, 0.25) is 0 Å². The van der Waals surface area contributed by atoms with E-state index in [1.807, 2.05) is 33.8 Å². The van der Waals surface area contributed by atoms with Crippen LogP contribution in [-0.2, 0) is 20.7 Å². The summed E-state index contributed by atoms with van der Waals surface area (Å²) < 4.78 is 11.9. The number of aliphatic hydroxyl groups excluding tert-OH is 1. The molecule has 1 aliphatic heterocycles. The van der Waals surface area contributed by atoms with Gasteiger partial charge in [-0.3, -0.25) is 4.79 Å². The first-order chi connectivity index (χ1) is 9.30. The van der Waals surface area contributed by atoms with E-state index in [2.05, 4.69) is 5.32 Å². The normalized spacial score (nSPS) is 19.9. The predicted molar refractivity (Wildman–Crippen MR) is 77.8 cm³/mol. The Kier molecular flexibility index (Phi) is 3.91. The zero-order valence-electron chi connectivity index (χ0n) is 12.3. The number of amides is 1. The lowest BCUT2D eigenvalue weighted by atomic mass is 9.78. The molecule has 2 N–H and O–H groups in total. The number of aliphatic hydroxyl groups is 1. The Balaban J connectivity index is 2.29. The van der Waals surface area contributed by atoms with Crippen molar-refractivity contribution in [3.63, 3.8) is 0 Å². The number of benzene rings is 1. The summed E-state index contributed by atoms with van der Waals surface area (Å²) in [5.74, 6) is 0. The third kappa shape index (κ3) is 2.59. The molecule has 1 amide bonds. The zero-order valence-corrected chi connectivity index (χ0v) is 12.3. The van der Waals surface area contributed by atoms with Crippen molar-refractivity contribution in [1.29, 1.82) is 0 Å². The average Bonchev–Trinajstić information content (AvgIpc) is 2.59. The molecule has 2 rings (SSSR count). The van der Waals surface area contributed by atoms with Crippen LogP contribution in [-0.4, -0.2) is 29.8 Å². The van der Waals surface area contributed by atoms with Gasteiger partial charge in [0.15, 0.2) is 0 Å². The SMILES string of the molecule is CC1(C)OB(c2ccc(NC=O)c(CO)c2)OC1(C)C. The van der Waals surface area contributed by atoms with Crippen LogP contribution in [0.5, 0.6) is 0 Å². The molecule has 1 fully saturated rings. The molecule has 0 spiro atoms. The van der Waals surface area contributed by atoms with Gasteiger partial charge in [-0.2, -0.15) is 0 Å². The molecule has 20 heavy (non-hydrogen) atoms. The van der Waals surface area contributed by atoms with Gasteiger partial charge >= 0.3 is 7.12 Å². The summed E-state index contributed by atoms with van der Waals surface area (Å²) in [6.07, 6.45) is 0.586. The smallest absolute Gasteiger partial charge is 0.399 e. The fourth-order valence-corrected chi connectivity index (χ4v) is 2.07. The quantitative estimate of drug-likeness (QED) is 0.637. The molecule has 0 bridgehead atoms. The Morgan fingerprint density at radius 3 is 2.35 bits per heavy atom. The van der Waals surface area contributed by atoms with Gasteiger partial charge in [-0.25, -0.2) is 0 Å². The van der Waals surface area contributed by atoms with Crippen molar-refractivity contribution in [2.75, 3.05) is 5.32 Å². The van der Waals surface area contributed by atoms with E-state index in [1.165, 1.54) is 0 Å². The van der Waals surface area contributed by atoms with E-state index < -0.39 is 18.3 Å². The van der Waals surface area contributed by atoms with E-state index in [4.69, 9.17) is 9.31 Å². The second-order valence-corrected chi connectivity index (χ2v) is 5.93. The van der Waals surface area contributed by atoms with Crippen LogP contribution >= 0.6 is 0 Å². The highest BCUT2D eigenvalue weighted by Crippen LogP contribution is 2.36. The molecule has 0 aliphatic carbocycles. The van der Waals surface area contributed by atoms with E-state index >= 15 is 0 Å². The summed E-state index contributed by atoms with van der Waals surface area (Å²) in [5, 5.41) is 11.9. The number of anilines is 1. The van der Waals surface area contributed by atoms with E-state index in [0.29, 0.717) is 17.7 Å². The first kappa shape index (κ1) is 15.0. The number of nitrogens with one attached hydrogen (secondary N) is 1. The molecular formula is C14H20BNO4. The highest BCUT2D eigenvalue weighted by Gasteiger charge is 2.51. The first-order valence-corrected chi connectivity index (χ1v) is 6.60. The molecule has 1 aliphatic rings. The van der Waals surface area contributed by atoms with Crippen molar-refractivity contribution in [3.05, 3.63) is 23.8 Å². The number of rotatable bonds is 4. The van der Waals surface area contributed by atoms with Gasteiger partial charge in [-0.15, -0.1) is 0 Å². The molecule has 0 atom stereocenters. The summed E-state index contributed by atoms with van der Waals surface area (Å²) in [6, 6.07) is 5.35. The van der Waals surface area contributed by atoms with Gasteiger partial charge < -0.3 is 19.7 Å². The lowest BCUT2D eigenvalue weighted by Crippen LogP contribution is -2.41. The molecule has 0 unspecified atom stereocenters. The van der Waals surface area contributed by atoms with Gasteiger partial charge in [-0.05, 0) is 39.2 Å². The Hall–Kier alpha value is -1.37. The molecule has 0 radical (unpaired) electrons. The third-order valence-electron chi connectivity index (χ3n) is 4.04. The Morgan fingerprint density at radius 1 is 1.25 bits per heavy atom. The summed E-state index contributed by atoms with van der Waals surface area (Å²) in [4.78, 5) is 10.5. The number of hydrogen-bond acceptors (Lipinski definition) is 4. The Labute approximate surface area is 119 Å². The van der Waals surface area contributed by atoms with Crippen molar-refractivity contribution in [1.82, 2.24) is 0 Å². The van der Waals surface area contributed by atoms with E-state index in [1.54, 1.807) is 12.1 Å². The van der Waals surface area contributed by atoms with E-state index in [9.17, 15) is 9.90 Å². The van der Waals surface area contributed by atoms with Gasteiger partial charge in [0.2, 0.25) is 6.41 Å². The largest absolute Gasteiger partial charge is 0.494 e. The average molecular weight is 277 g/mol. The second kappa shape index (κ2) is 5.20. The Morgan fingerprint density at radius 2 is 1.85 bits per heavy atom. The van der Waals surface area contributed by atoms with Gasteiger partial charge in [0.1, 0.15) is 0 Å². The number of carbonyl (C=O) groups is 1. The maximum absolute atomic E-state index is 10.5. The van der Waals surface area contributed by atoms with Crippen LogP contribution in [0.3, 0.4) is 0 Å². The Bertz CT molecular complexity index is 500. The zero-order chi connectivity index (χ0) is 15.0. The van der Waals surface area contributed by atoms with Crippen LogP contribution in [0.1, 0.15) is 33.3 Å². The highest BCUT2D eigenvalue weighted by molar-refractivity contribution is 6.62. The molecule has 1 aromatic carbocycles. The van der Waals surface area contributed by atoms with Crippen molar-refractivity contribution < 1.29 is 19.2 Å². The minimum atomic E-state index is -0.476. The van der Waals surface area contributed by atoms with Crippen molar-refractivity contribution in [3.8, 4) is 0 Å². The fraction of sp³-hybridized carbons (Fsp3) is 0.500. The molecule has 1 aromatic rings. The lowest BCUT2D eigenvalue weighted by molar-refractivity contribution is -0.105. The molecule has 6 heteroatoms.